The SMILES string of the molecule is C=C(C)C=Cc1c(OC)ccc(C(=O)C=CC2C=CC(O)=CC2)c1OC. The van der Waals surface area contributed by atoms with Crippen LogP contribution in [-0.2, 0) is 0 Å². The number of hydrogen-bond donors (Lipinski definition) is 1. The van der Waals surface area contributed by atoms with E-state index in [9.17, 15) is 9.90 Å². The highest BCUT2D eigenvalue weighted by molar-refractivity contribution is 6.07. The molecule has 0 fully saturated rings. The van der Waals surface area contributed by atoms with Crippen molar-refractivity contribution < 1.29 is 19.4 Å². The van der Waals surface area contributed by atoms with Gasteiger partial charge in [-0.3, -0.25) is 4.79 Å². The van der Waals surface area contributed by atoms with Crippen LogP contribution in [0.1, 0.15) is 29.3 Å². The van der Waals surface area contributed by atoms with E-state index in [0.717, 1.165) is 5.57 Å². The molecule has 136 valence electrons. The first-order valence-electron chi connectivity index (χ1n) is 8.34. The summed E-state index contributed by atoms with van der Waals surface area (Å²) in [5.74, 6) is 1.28. The summed E-state index contributed by atoms with van der Waals surface area (Å²) >= 11 is 0. The van der Waals surface area contributed by atoms with Crippen molar-refractivity contribution in [1.82, 2.24) is 0 Å². The van der Waals surface area contributed by atoms with Gasteiger partial charge in [0.2, 0.25) is 0 Å². The van der Waals surface area contributed by atoms with Gasteiger partial charge < -0.3 is 14.6 Å². The zero-order valence-corrected chi connectivity index (χ0v) is 15.4. The Morgan fingerprint density at radius 3 is 2.62 bits per heavy atom. The summed E-state index contributed by atoms with van der Waals surface area (Å²) in [6.07, 6.45) is 12.9. The molecule has 1 aliphatic carbocycles. The maximum absolute atomic E-state index is 12.7. The van der Waals surface area contributed by atoms with E-state index in [1.807, 2.05) is 31.2 Å². The van der Waals surface area contributed by atoms with E-state index < -0.39 is 0 Å². The minimum Gasteiger partial charge on any atom is -0.508 e. The molecule has 0 spiro atoms. The number of ether oxygens (including phenoxy) is 2. The average molecular weight is 352 g/mol. The molecule has 0 saturated heterocycles. The van der Waals surface area contributed by atoms with Gasteiger partial charge in [0, 0.05) is 0 Å². The molecule has 1 unspecified atom stereocenters. The van der Waals surface area contributed by atoms with E-state index in [1.54, 1.807) is 37.5 Å². The van der Waals surface area contributed by atoms with Crippen LogP contribution in [0.3, 0.4) is 0 Å². The van der Waals surface area contributed by atoms with Crippen molar-refractivity contribution in [2.75, 3.05) is 14.2 Å². The molecular weight excluding hydrogens is 328 g/mol. The highest BCUT2D eigenvalue weighted by atomic mass is 16.5. The zero-order valence-electron chi connectivity index (χ0n) is 15.4. The maximum Gasteiger partial charge on any atom is 0.189 e. The van der Waals surface area contributed by atoms with Gasteiger partial charge in [0.15, 0.2) is 5.78 Å². The molecule has 1 N–H and O–H groups in total. The van der Waals surface area contributed by atoms with Crippen LogP contribution in [0.15, 0.2) is 66.5 Å². The van der Waals surface area contributed by atoms with Crippen LogP contribution in [0.2, 0.25) is 0 Å². The van der Waals surface area contributed by atoms with E-state index in [-0.39, 0.29) is 17.5 Å². The Labute approximate surface area is 154 Å². The molecule has 0 saturated carbocycles. The van der Waals surface area contributed by atoms with Gasteiger partial charge in [-0.05, 0) is 55.7 Å². The minimum absolute atomic E-state index is 0.0851. The Morgan fingerprint density at radius 2 is 2.04 bits per heavy atom. The highest BCUT2D eigenvalue weighted by Crippen LogP contribution is 2.34. The first kappa shape index (κ1) is 19.3. The fourth-order valence-electron chi connectivity index (χ4n) is 2.63. The molecular formula is C22H24O4. The van der Waals surface area contributed by atoms with Crippen LogP contribution >= 0.6 is 0 Å². The molecule has 0 aliphatic heterocycles. The molecule has 1 aromatic rings. The Kier molecular flexibility index (Phi) is 6.61. The van der Waals surface area contributed by atoms with Crippen molar-refractivity contribution in [1.29, 1.82) is 0 Å². The minimum atomic E-state index is -0.151. The standard InChI is InChI=1S/C22H24O4/c1-15(2)5-11-19-21(25-3)14-12-18(22(19)26-4)20(24)13-8-16-6-9-17(23)10-7-16/h5-6,8-14,16,23H,1,7H2,2-4H3. The van der Waals surface area contributed by atoms with Crippen molar-refractivity contribution in [3.8, 4) is 11.5 Å². The van der Waals surface area contributed by atoms with Gasteiger partial charge in [-0.15, -0.1) is 0 Å². The molecule has 4 nitrogen and oxygen atoms in total. The number of aliphatic hydroxyl groups is 1. The fraction of sp³-hybridized carbons (Fsp3) is 0.227. The molecule has 0 radical (unpaired) electrons. The number of benzene rings is 1. The largest absolute Gasteiger partial charge is 0.508 e. The molecule has 2 rings (SSSR count). The number of methoxy groups -OCH3 is 2. The predicted molar refractivity (Wildman–Crippen MR) is 105 cm³/mol. The Hall–Kier alpha value is -3.01. The Bertz CT molecular complexity index is 810. The van der Waals surface area contributed by atoms with Gasteiger partial charge in [0.25, 0.3) is 0 Å². The van der Waals surface area contributed by atoms with Gasteiger partial charge in [-0.2, -0.15) is 0 Å². The van der Waals surface area contributed by atoms with Crippen LogP contribution in [0.25, 0.3) is 6.08 Å². The van der Waals surface area contributed by atoms with Crippen LogP contribution < -0.4 is 9.47 Å². The first-order valence-corrected chi connectivity index (χ1v) is 8.34. The van der Waals surface area contributed by atoms with Crippen molar-refractivity contribution >= 4 is 11.9 Å². The number of aliphatic hydroxyl groups excluding tert-OH is 1. The predicted octanol–water partition coefficient (Wildman–Crippen LogP) is 5.05. The lowest BCUT2D eigenvalue weighted by atomic mass is 9.97. The molecule has 0 bridgehead atoms. The number of carbonyl (C=O) groups excluding carboxylic acids is 1. The third kappa shape index (κ3) is 4.76. The van der Waals surface area contributed by atoms with E-state index in [4.69, 9.17) is 9.47 Å². The molecule has 0 aromatic heterocycles. The summed E-state index contributed by atoms with van der Waals surface area (Å²) in [5.41, 5.74) is 2.04. The number of allylic oxidation sites excluding steroid dienone is 7. The van der Waals surface area contributed by atoms with Crippen molar-refractivity contribution in [2.24, 2.45) is 5.92 Å². The topological polar surface area (TPSA) is 55.8 Å². The van der Waals surface area contributed by atoms with E-state index >= 15 is 0 Å². The van der Waals surface area contributed by atoms with Crippen LogP contribution in [-0.4, -0.2) is 25.1 Å². The van der Waals surface area contributed by atoms with Crippen LogP contribution in [0.5, 0.6) is 11.5 Å². The Balaban J connectivity index is 2.33. The monoisotopic (exact) mass is 352 g/mol. The lowest BCUT2D eigenvalue weighted by Gasteiger charge is -2.14. The summed E-state index contributed by atoms with van der Waals surface area (Å²) in [6.45, 7) is 5.74. The molecule has 1 atom stereocenters. The van der Waals surface area contributed by atoms with Crippen LogP contribution in [0.4, 0.5) is 0 Å². The first-order chi connectivity index (χ1) is 12.5. The van der Waals surface area contributed by atoms with E-state index in [2.05, 4.69) is 6.58 Å². The fourth-order valence-corrected chi connectivity index (χ4v) is 2.63. The van der Waals surface area contributed by atoms with E-state index in [0.29, 0.717) is 29.0 Å². The maximum atomic E-state index is 12.7. The summed E-state index contributed by atoms with van der Waals surface area (Å²) in [5, 5.41) is 9.36. The zero-order chi connectivity index (χ0) is 19.1. The number of carbonyl (C=O) groups is 1. The van der Waals surface area contributed by atoms with Gasteiger partial charge >= 0.3 is 0 Å². The Morgan fingerprint density at radius 1 is 1.27 bits per heavy atom. The second-order valence-corrected chi connectivity index (χ2v) is 6.05. The molecule has 0 amide bonds. The van der Waals surface area contributed by atoms with E-state index in [1.165, 1.54) is 7.11 Å². The number of rotatable bonds is 7. The van der Waals surface area contributed by atoms with Crippen molar-refractivity contribution in [3.63, 3.8) is 0 Å². The van der Waals surface area contributed by atoms with Crippen LogP contribution in [0, 0.1) is 5.92 Å². The molecule has 1 aromatic carbocycles. The van der Waals surface area contributed by atoms with Crippen molar-refractivity contribution in [2.45, 2.75) is 13.3 Å². The lowest BCUT2D eigenvalue weighted by Crippen LogP contribution is -2.04. The lowest BCUT2D eigenvalue weighted by molar-refractivity contribution is 0.104. The molecule has 4 heteroatoms. The smallest absolute Gasteiger partial charge is 0.189 e. The van der Waals surface area contributed by atoms with Gasteiger partial charge in [0.1, 0.15) is 17.3 Å². The average Bonchev–Trinajstić information content (AvgIpc) is 2.64. The quantitative estimate of drug-likeness (QED) is 0.424. The summed E-state index contributed by atoms with van der Waals surface area (Å²) in [6, 6.07) is 3.45. The normalized spacial score (nSPS) is 16.7. The third-order valence-corrected chi connectivity index (χ3v) is 3.99. The molecule has 26 heavy (non-hydrogen) atoms. The third-order valence-electron chi connectivity index (χ3n) is 3.99. The van der Waals surface area contributed by atoms with Gasteiger partial charge in [-0.1, -0.05) is 30.4 Å². The van der Waals surface area contributed by atoms with Crippen molar-refractivity contribution in [3.05, 3.63) is 77.6 Å². The summed E-state index contributed by atoms with van der Waals surface area (Å²) < 4.78 is 10.9. The highest BCUT2D eigenvalue weighted by Gasteiger charge is 2.17. The number of ketones is 1. The summed E-state index contributed by atoms with van der Waals surface area (Å²) in [7, 11) is 3.11. The second kappa shape index (κ2) is 8.90. The van der Waals surface area contributed by atoms with Gasteiger partial charge in [-0.25, -0.2) is 0 Å². The molecule has 0 heterocycles. The second-order valence-electron chi connectivity index (χ2n) is 6.05. The summed E-state index contributed by atoms with van der Waals surface area (Å²) in [4.78, 5) is 12.7. The number of hydrogen-bond acceptors (Lipinski definition) is 4. The van der Waals surface area contributed by atoms with Gasteiger partial charge in [0.05, 0.1) is 25.3 Å². The molecule has 1 aliphatic rings.